The summed E-state index contributed by atoms with van der Waals surface area (Å²) >= 11 is 1.23. The van der Waals surface area contributed by atoms with E-state index in [1.54, 1.807) is 48.5 Å². The summed E-state index contributed by atoms with van der Waals surface area (Å²) < 4.78 is 173. The Morgan fingerprint density at radius 2 is 1.07 bits per heavy atom. The first kappa shape index (κ1) is 31.4. The first-order valence-corrected chi connectivity index (χ1v) is 13.5. The maximum Gasteiger partial charge on any atom is 0.420 e. The first-order chi connectivity index (χ1) is 21.3. The number of ether oxygens (including phenoxy) is 1. The highest BCUT2D eigenvalue weighted by atomic mass is 32.1. The number of hydrogen-bond acceptors (Lipinski definition) is 4. The molecule has 0 bridgehead atoms. The second-order valence-electron chi connectivity index (χ2n) is 9.89. The number of thiophene rings is 1. The summed E-state index contributed by atoms with van der Waals surface area (Å²) in [5.41, 5.74) is -12.5. The highest BCUT2D eigenvalue weighted by Crippen LogP contribution is 2.55. The standard InChI is InChI=1S/C30H12F12N2OS/c31-27(32,33)18-12-19(28(34,35)36)25(23(30(40,41)42)22(18)29(37,38)39)45-26-17-10-14-6-2-1-5-13(14)9-16(17)24(43-44-26)21-11-15-7-3-4-8-20(15)46-21/h1-12H. The van der Waals surface area contributed by atoms with Crippen LogP contribution in [0.25, 0.3) is 42.2 Å². The van der Waals surface area contributed by atoms with E-state index >= 15 is 0 Å². The molecule has 0 N–H and O–H groups in total. The zero-order valence-corrected chi connectivity index (χ0v) is 23.0. The Kier molecular flexibility index (Phi) is 7.14. The molecule has 3 nitrogen and oxygen atoms in total. The van der Waals surface area contributed by atoms with Crippen LogP contribution in [0.1, 0.15) is 22.3 Å². The number of hydrogen-bond donors (Lipinski definition) is 0. The van der Waals surface area contributed by atoms with E-state index in [0.29, 0.717) is 15.6 Å². The van der Waals surface area contributed by atoms with E-state index in [4.69, 9.17) is 4.74 Å². The van der Waals surface area contributed by atoms with Crippen LogP contribution in [0.4, 0.5) is 52.7 Å². The third kappa shape index (κ3) is 5.54. The zero-order chi connectivity index (χ0) is 33.4. The Morgan fingerprint density at radius 3 is 1.61 bits per heavy atom. The molecular formula is C30H12F12N2OS. The molecule has 2 aromatic heterocycles. The molecule has 0 fully saturated rings. The molecule has 6 aromatic rings. The fraction of sp³-hybridized carbons (Fsp3) is 0.133. The van der Waals surface area contributed by atoms with Crippen molar-refractivity contribution in [3.05, 3.63) is 95.1 Å². The van der Waals surface area contributed by atoms with Gasteiger partial charge in [0.25, 0.3) is 0 Å². The lowest BCUT2D eigenvalue weighted by molar-refractivity contribution is -0.177. The number of benzene rings is 4. The molecule has 0 radical (unpaired) electrons. The molecule has 6 rings (SSSR count). The van der Waals surface area contributed by atoms with Gasteiger partial charge in [0.2, 0.25) is 5.88 Å². The molecule has 2 heterocycles. The Labute approximate surface area is 252 Å². The molecule has 0 spiro atoms. The van der Waals surface area contributed by atoms with Crippen LogP contribution in [0, 0.1) is 0 Å². The van der Waals surface area contributed by atoms with Gasteiger partial charge < -0.3 is 4.74 Å². The summed E-state index contributed by atoms with van der Waals surface area (Å²) in [4.78, 5) is 0.474. The van der Waals surface area contributed by atoms with Crippen molar-refractivity contribution in [1.29, 1.82) is 0 Å². The van der Waals surface area contributed by atoms with Crippen LogP contribution >= 0.6 is 11.3 Å². The zero-order valence-electron chi connectivity index (χ0n) is 22.2. The van der Waals surface area contributed by atoms with Gasteiger partial charge in [-0.2, -0.15) is 52.7 Å². The highest BCUT2D eigenvalue weighted by Gasteiger charge is 2.55. The van der Waals surface area contributed by atoms with Gasteiger partial charge in [0.1, 0.15) is 11.3 Å². The van der Waals surface area contributed by atoms with Gasteiger partial charge in [-0.25, -0.2) is 0 Å². The van der Waals surface area contributed by atoms with Gasteiger partial charge in [0, 0.05) is 15.5 Å². The Balaban J connectivity index is 1.69. The van der Waals surface area contributed by atoms with E-state index in [9.17, 15) is 52.7 Å². The Bertz CT molecular complexity index is 2110. The van der Waals surface area contributed by atoms with Crippen molar-refractivity contribution < 1.29 is 57.4 Å². The van der Waals surface area contributed by atoms with Crippen LogP contribution in [-0.4, -0.2) is 10.2 Å². The van der Waals surface area contributed by atoms with Gasteiger partial charge in [-0.05, 0) is 46.5 Å². The average molecular weight is 676 g/mol. The maximum atomic E-state index is 14.2. The van der Waals surface area contributed by atoms with Crippen LogP contribution in [0.2, 0.25) is 0 Å². The van der Waals surface area contributed by atoms with E-state index in [1.165, 1.54) is 29.5 Å². The van der Waals surface area contributed by atoms with Crippen molar-refractivity contribution >= 4 is 43.0 Å². The lowest BCUT2D eigenvalue weighted by Crippen LogP contribution is -2.26. The van der Waals surface area contributed by atoms with E-state index in [1.807, 2.05) is 0 Å². The van der Waals surface area contributed by atoms with Crippen molar-refractivity contribution in [3.63, 3.8) is 0 Å². The van der Waals surface area contributed by atoms with Crippen molar-refractivity contribution in [2.45, 2.75) is 24.7 Å². The van der Waals surface area contributed by atoms with Crippen LogP contribution in [0.3, 0.4) is 0 Å². The molecule has 4 aromatic carbocycles. The van der Waals surface area contributed by atoms with Crippen molar-refractivity contribution in [1.82, 2.24) is 10.2 Å². The van der Waals surface area contributed by atoms with Crippen LogP contribution < -0.4 is 4.74 Å². The van der Waals surface area contributed by atoms with E-state index in [0.717, 1.165) is 10.1 Å². The molecule has 16 heteroatoms. The molecule has 0 aliphatic carbocycles. The minimum absolute atomic E-state index is 0.0836. The predicted molar refractivity (Wildman–Crippen MR) is 144 cm³/mol. The molecule has 0 aliphatic rings. The van der Waals surface area contributed by atoms with Gasteiger partial charge in [-0.3, -0.25) is 0 Å². The summed E-state index contributed by atoms with van der Waals surface area (Å²) in [6.07, 6.45) is -25.1. The SMILES string of the molecule is FC(F)(F)c1cc(C(F)(F)F)c(C(F)(F)F)c(C(F)(F)F)c1Oc1nnc(-c2cc3ccccc3s2)c2cc3ccccc3cc12. The number of halogens is 12. The van der Waals surface area contributed by atoms with E-state index in [2.05, 4.69) is 10.2 Å². The van der Waals surface area contributed by atoms with Gasteiger partial charge in [-0.15, -0.1) is 21.5 Å². The summed E-state index contributed by atoms with van der Waals surface area (Å²) in [5.74, 6) is -3.66. The Hall–Kier alpha value is -4.60. The normalized spacial score (nSPS) is 13.2. The predicted octanol–water partition coefficient (Wildman–Crippen LogP) is 11.5. The summed E-state index contributed by atoms with van der Waals surface area (Å²) in [6, 6.07) is 16.8. The quantitative estimate of drug-likeness (QED) is 0.138. The fourth-order valence-corrected chi connectivity index (χ4v) is 6.10. The second-order valence-corrected chi connectivity index (χ2v) is 11.0. The molecule has 46 heavy (non-hydrogen) atoms. The molecular weight excluding hydrogens is 664 g/mol. The Morgan fingerprint density at radius 1 is 0.522 bits per heavy atom. The lowest BCUT2D eigenvalue weighted by Gasteiger charge is -2.26. The number of alkyl halides is 12. The maximum absolute atomic E-state index is 14.2. The van der Waals surface area contributed by atoms with Gasteiger partial charge in [0.15, 0.2) is 5.75 Å². The van der Waals surface area contributed by atoms with Gasteiger partial charge >= 0.3 is 24.7 Å². The van der Waals surface area contributed by atoms with Crippen molar-refractivity contribution in [2.75, 3.05) is 0 Å². The molecule has 0 atom stereocenters. The third-order valence-electron chi connectivity index (χ3n) is 6.93. The van der Waals surface area contributed by atoms with E-state index in [-0.39, 0.29) is 16.5 Å². The largest absolute Gasteiger partial charge is 0.436 e. The summed E-state index contributed by atoms with van der Waals surface area (Å²) in [5, 5.41) is 9.12. The molecule has 238 valence electrons. The summed E-state index contributed by atoms with van der Waals surface area (Å²) in [6.45, 7) is 0. The number of rotatable bonds is 3. The lowest BCUT2D eigenvalue weighted by atomic mass is 9.94. The number of aromatic nitrogens is 2. The monoisotopic (exact) mass is 676 g/mol. The number of fused-ring (bicyclic) bond motifs is 3. The van der Waals surface area contributed by atoms with Crippen molar-refractivity contribution in [2.24, 2.45) is 0 Å². The molecule has 0 aliphatic heterocycles. The molecule has 0 amide bonds. The van der Waals surface area contributed by atoms with Crippen LogP contribution in [0.15, 0.2) is 72.8 Å². The molecule has 0 saturated carbocycles. The van der Waals surface area contributed by atoms with Gasteiger partial charge in [0.05, 0.1) is 21.6 Å². The minimum atomic E-state index is -6.41. The smallest absolute Gasteiger partial charge is 0.420 e. The second kappa shape index (κ2) is 10.5. The molecule has 0 saturated heterocycles. The van der Waals surface area contributed by atoms with Crippen LogP contribution in [0.5, 0.6) is 11.6 Å². The third-order valence-corrected chi connectivity index (χ3v) is 8.05. The topological polar surface area (TPSA) is 35.0 Å². The van der Waals surface area contributed by atoms with Crippen LogP contribution in [-0.2, 0) is 24.7 Å². The number of nitrogens with zero attached hydrogens (tertiary/aromatic N) is 2. The average Bonchev–Trinajstić information content (AvgIpc) is 3.38. The summed E-state index contributed by atoms with van der Waals surface area (Å²) in [7, 11) is 0. The highest BCUT2D eigenvalue weighted by molar-refractivity contribution is 7.22. The van der Waals surface area contributed by atoms with E-state index < -0.39 is 64.7 Å². The van der Waals surface area contributed by atoms with Crippen molar-refractivity contribution in [3.8, 4) is 22.2 Å². The van der Waals surface area contributed by atoms with Gasteiger partial charge in [-0.1, -0.05) is 42.5 Å². The minimum Gasteiger partial charge on any atom is -0.436 e. The first-order valence-electron chi connectivity index (χ1n) is 12.7. The fourth-order valence-electron chi connectivity index (χ4n) is 5.04. The molecule has 0 unspecified atom stereocenters.